The Kier molecular flexibility index (Phi) is 8.01. The molecule has 1 aromatic heterocycles. The van der Waals surface area contributed by atoms with E-state index < -0.39 is 41.5 Å². The quantitative estimate of drug-likeness (QED) is 0.159. The van der Waals surface area contributed by atoms with Crippen LogP contribution in [0.25, 0.3) is 16.5 Å². The molecule has 2 saturated carbocycles. The number of nitrogens with zero attached hydrogens (tertiary/aromatic N) is 1. The molecule has 0 bridgehead atoms. The summed E-state index contributed by atoms with van der Waals surface area (Å²) >= 11 is 0. The fourth-order valence-corrected chi connectivity index (χ4v) is 12.9. The van der Waals surface area contributed by atoms with Gasteiger partial charge in [0.25, 0.3) is 0 Å². The molecular weight excluding hydrogens is 668 g/mol. The minimum absolute atomic E-state index is 0.0162. The van der Waals surface area contributed by atoms with Crippen LogP contribution in [-0.4, -0.2) is 57.0 Å². The molecule has 3 N–H and O–H groups in total. The molecule has 0 spiro atoms. The van der Waals surface area contributed by atoms with Crippen LogP contribution in [0, 0.1) is 28.6 Å². The van der Waals surface area contributed by atoms with Crippen LogP contribution in [0.15, 0.2) is 48.1 Å². The molecule has 2 aromatic rings. The number of hydrogen-bond acceptors (Lipinski definition) is 5. The summed E-state index contributed by atoms with van der Waals surface area (Å²) in [6.07, 6.45) is 10.9. The molecule has 3 heterocycles. The van der Waals surface area contributed by atoms with Gasteiger partial charge in [-0.2, -0.15) is 0 Å². The Morgan fingerprint density at radius 1 is 1.11 bits per heavy atom. The molecule has 1 aromatic carbocycles. The van der Waals surface area contributed by atoms with Gasteiger partial charge in [-0.25, -0.2) is 4.39 Å². The van der Waals surface area contributed by atoms with E-state index in [1.54, 1.807) is 13.0 Å². The average molecular weight is 725 g/mol. The third-order valence-corrected chi connectivity index (χ3v) is 15.2. The number of carbonyl (C=O) groups excluding carboxylic acids is 2. The minimum atomic E-state index is -0.868. The Morgan fingerprint density at radius 3 is 2.51 bits per heavy atom. The zero-order valence-corrected chi connectivity index (χ0v) is 33.0. The number of rotatable bonds is 6. The number of ketones is 1. The maximum Gasteiger partial charge on any atom is 0.247 e. The second-order valence-electron chi connectivity index (χ2n) is 19.0. The predicted molar refractivity (Wildman–Crippen MR) is 206 cm³/mol. The van der Waals surface area contributed by atoms with Crippen molar-refractivity contribution in [2.45, 2.75) is 129 Å². The van der Waals surface area contributed by atoms with Gasteiger partial charge in [-0.3, -0.25) is 9.59 Å². The lowest BCUT2D eigenvalue weighted by Crippen LogP contribution is -2.62. The van der Waals surface area contributed by atoms with E-state index in [2.05, 4.69) is 69.3 Å². The number of ether oxygens (including phenoxy) is 1. The first-order valence-electron chi connectivity index (χ1n) is 19.7. The number of aliphatic hydroxyl groups excluding tert-OH is 2. The fourth-order valence-electron chi connectivity index (χ4n) is 12.9. The van der Waals surface area contributed by atoms with Gasteiger partial charge in [0.15, 0.2) is 5.78 Å². The van der Waals surface area contributed by atoms with Crippen molar-refractivity contribution in [3.63, 3.8) is 0 Å². The van der Waals surface area contributed by atoms with Gasteiger partial charge in [-0.1, -0.05) is 51.2 Å². The fraction of sp³-hybridized carbons (Fsp3) is 0.600. The molecule has 9 atom stereocenters. The van der Waals surface area contributed by atoms with Crippen molar-refractivity contribution in [2.24, 2.45) is 28.6 Å². The second kappa shape index (κ2) is 11.6. The van der Waals surface area contributed by atoms with E-state index in [1.165, 1.54) is 11.3 Å². The molecule has 9 unspecified atom stereocenters. The third-order valence-electron chi connectivity index (χ3n) is 15.2. The van der Waals surface area contributed by atoms with Crippen molar-refractivity contribution in [1.82, 2.24) is 9.88 Å². The number of hydrogen-bond donors (Lipinski definition) is 3. The monoisotopic (exact) mass is 724 g/mol. The molecule has 6 aliphatic rings. The Labute approximate surface area is 313 Å². The highest BCUT2D eigenvalue weighted by Crippen LogP contribution is 2.71. The summed E-state index contributed by atoms with van der Waals surface area (Å²) in [5.41, 5.74) is 5.98. The standard InChI is InChI=1S/C45H57FN2O5/c1-23(2)35-38(51)33-32-26(29-22-41(4,5)53-42(6,7)34(29)37(32)50)21-27-28-20-25-13-14-30-43(8,16-11-12-24(3)40(52)47-19-18-46)31(49)15-17-44(30,9)45(25,10)39(28)48(35)36(27)33/h11-12,16,21-22,25,30-31,34-35,37,49-50H,1,13-15,17-20H2,2-10H3,(H,47,52)/b16-11+,24-12+. The number of amides is 1. The summed E-state index contributed by atoms with van der Waals surface area (Å²) in [6.45, 7) is 22.7. The van der Waals surface area contributed by atoms with Crippen LogP contribution in [0.1, 0.15) is 133 Å². The van der Waals surface area contributed by atoms with Crippen molar-refractivity contribution < 1.29 is 28.9 Å². The molecule has 4 aliphatic carbocycles. The summed E-state index contributed by atoms with van der Waals surface area (Å²) in [7, 11) is 0. The van der Waals surface area contributed by atoms with E-state index >= 15 is 0 Å². The van der Waals surface area contributed by atoms with Gasteiger partial charge in [0.1, 0.15) is 12.7 Å². The van der Waals surface area contributed by atoms with Crippen molar-refractivity contribution in [1.29, 1.82) is 0 Å². The molecule has 0 radical (unpaired) electrons. The van der Waals surface area contributed by atoms with E-state index in [9.17, 15) is 24.2 Å². The highest BCUT2D eigenvalue weighted by atomic mass is 19.1. The largest absolute Gasteiger partial charge is 0.392 e. The molecule has 53 heavy (non-hydrogen) atoms. The van der Waals surface area contributed by atoms with Crippen LogP contribution in [0.4, 0.5) is 4.39 Å². The molecule has 284 valence electrons. The smallest absolute Gasteiger partial charge is 0.247 e. The van der Waals surface area contributed by atoms with Crippen LogP contribution in [-0.2, 0) is 21.4 Å². The first-order valence-corrected chi connectivity index (χ1v) is 19.7. The number of Topliss-reactive ketones (excluding diaryl/α,β-unsaturated/α-hetero) is 1. The molecule has 1 amide bonds. The van der Waals surface area contributed by atoms with E-state index in [0.29, 0.717) is 23.5 Å². The van der Waals surface area contributed by atoms with Crippen molar-refractivity contribution in [2.75, 3.05) is 13.2 Å². The number of aromatic nitrogens is 1. The normalized spacial score (nSPS) is 37.6. The maximum absolute atomic E-state index is 14.9. The minimum Gasteiger partial charge on any atom is -0.392 e. The van der Waals surface area contributed by atoms with Crippen LogP contribution in [0.5, 0.6) is 0 Å². The van der Waals surface area contributed by atoms with E-state index in [1.807, 2.05) is 26.8 Å². The first-order chi connectivity index (χ1) is 24.7. The van der Waals surface area contributed by atoms with Crippen molar-refractivity contribution in [3.05, 3.63) is 76.0 Å². The van der Waals surface area contributed by atoms with Gasteiger partial charge in [-0.05, 0) is 120 Å². The van der Waals surface area contributed by atoms with Gasteiger partial charge >= 0.3 is 0 Å². The second-order valence-corrected chi connectivity index (χ2v) is 19.0. The van der Waals surface area contributed by atoms with Gasteiger partial charge in [0, 0.05) is 45.5 Å². The number of fused-ring (bicyclic) bond motifs is 11. The average Bonchev–Trinajstić information content (AvgIpc) is 3.74. The number of aliphatic hydroxyl groups is 2. The number of carbonyl (C=O) groups is 2. The predicted octanol–water partition coefficient (Wildman–Crippen LogP) is 8.18. The zero-order valence-electron chi connectivity index (χ0n) is 33.0. The van der Waals surface area contributed by atoms with Crippen LogP contribution >= 0.6 is 0 Å². The molecule has 2 aliphatic heterocycles. The summed E-state index contributed by atoms with van der Waals surface area (Å²) in [5, 5.41) is 27.7. The molecular formula is C45H57FN2O5. The Bertz CT molecular complexity index is 2080. The summed E-state index contributed by atoms with van der Waals surface area (Å²) in [4.78, 5) is 27.3. The van der Waals surface area contributed by atoms with Gasteiger partial charge in [0.05, 0.1) is 34.5 Å². The molecule has 8 heteroatoms. The number of alkyl halides is 1. The Hall–Kier alpha value is -3.33. The van der Waals surface area contributed by atoms with Crippen LogP contribution in [0.2, 0.25) is 0 Å². The number of halogens is 1. The number of nitrogens with one attached hydrogen (secondary N) is 1. The summed E-state index contributed by atoms with van der Waals surface area (Å²) in [6, 6.07) is 1.74. The lowest BCUT2D eigenvalue weighted by molar-refractivity contribution is -0.144. The van der Waals surface area contributed by atoms with E-state index in [4.69, 9.17) is 4.74 Å². The zero-order chi connectivity index (χ0) is 38.4. The van der Waals surface area contributed by atoms with E-state index in [0.717, 1.165) is 58.9 Å². The summed E-state index contributed by atoms with van der Waals surface area (Å²) < 4.78 is 21.5. The molecule has 8 rings (SSSR count). The van der Waals surface area contributed by atoms with E-state index in [-0.39, 0.29) is 40.9 Å². The number of benzene rings is 1. The molecule has 7 nitrogen and oxygen atoms in total. The highest BCUT2D eigenvalue weighted by Gasteiger charge is 2.67. The topological polar surface area (TPSA) is 101 Å². The Balaban J connectivity index is 1.30. The third kappa shape index (κ3) is 4.67. The maximum atomic E-state index is 14.9. The highest BCUT2D eigenvalue weighted by molar-refractivity contribution is 6.18. The first kappa shape index (κ1) is 36.6. The van der Waals surface area contributed by atoms with Gasteiger partial charge < -0.3 is 24.8 Å². The lowest BCUT2D eigenvalue weighted by Gasteiger charge is -2.64. The van der Waals surface area contributed by atoms with Gasteiger partial charge in [-0.15, -0.1) is 0 Å². The SMILES string of the molecule is C=C(C)C1C(=O)c2c3c(cc4c5c(n1c24)C1(C)C(CCC2C(C)(/C=C/C=C(\C)C(=O)NCCF)C(O)CCC21C)C5)C1=CC(C)(C)OC(C)(C)C1C3O. The number of allylic oxidation sites excluding steroid dienone is 3. The van der Waals surface area contributed by atoms with Crippen molar-refractivity contribution in [3.8, 4) is 0 Å². The van der Waals surface area contributed by atoms with Crippen LogP contribution in [0.3, 0.4) is 0 Å². The van der Waals surface area contributed by atoms with Gasteiger partial charge in [0.2, 0.25) is 5.91 Å². The van der Waals surface area contributed by atoms with Crippen LogP contribution < -0.4 is 5.32 Å². The molecule has 0 saturated heterocycles. The molecule has 2 fully saturated rings. The lowest BCUT2D eigenvalue weighted by atomic mass is 9.40. The Morgan fingerprint density at radius 2 is 1.83 bits per heavy atom. The summed E-state index contributed by atoms with van der Waals surface area (Å²) in [5.74, 6) is -0.0713. The van der Waals surface area contributed by atoms with Crippen molar-refractivity contribution >= 4 is 28.2 Å².